The number of pyridine rings is 1. The number of hydrogen-bond donors (Lipinski definition) is 1. The molecule has 3 heteroatoms. The zero-order valence-corrected chi connectivity index (χ0v) is 8.13. The third-order valence-electron chi connectivity index (χ3n) is 2.07. The van der Waals surface area contributed by atoms with Gasteiger partial charge in [0.1, 0.15) is 0 Å². The summed E-state index contributed by atoms with van der Waals surface area (Å²) >= 11 is 0. The molecule has 0 aliphatic rings. The van der Waals surface area contributed by atoms with E-state index in [0.29, 0.717) is 0 Å². The number of aromatic nitrogens is 3. The first-order valence-corrected chi connectivity index (χ1v) is 4.37. The molecule has 3 nitrogen and oxygen atoms in total. The van der Waals surface area contributed by atoms with Crippen molar-refractivity contribution in [1.82, 2.24) is 15.2 Å². The van der Waals surface area contributed by atoms with Gasteiger partial charge >= 0.3 is 0 Å². The maximum atomic E-state index is 4.30. The lowest BCUT2D eigenvalue weighted by Gasteiger charge is -2.14. The van der Waals surface area contributed by atoms with Gasteiger partial charge in [-0.1, -0.05) is 20.8 Å². The summed E-state index contributed by atoms with van der Waals surface area (Å²) in [5, 5.41) is 8.45. The van der Waals surface area contributed by atoms with E-state index in [0.717, 1.165) is 11.2 Å². The van der Waals surface area contributed by atoms with E-state index in [1.54, 1.807) is 12.4 Å². The first-order chi connectivity index (χ1) is 6.09. The second-order valence-corrected chi connectivity index (χ2v) is 4.24. The quantitative estimate of drug-likeness (QED) is 0.667. The summed E-state index contributed by atoms with van der Waals surface area (Å²) < 4.78 is 0. The largest absolute Gasteiger partial charge is 0.276 e. The second-order valence-electron chi connectivity index (χ2n) is 4.24. The molecule has 0 saturated heterocycles. The first-order valence-electron chi connectivity index (χ1n) is 4.37. The SMILES string of the molecule is CC(C)(C)c1n[nH]c2cnccc12. The minimum atomic E-state index is 0.0829. The number of aromatic amines is 1. The predicted molar refractivity (Wildman–Crippen MR) is 52.6 cm³/mol. The van der Waals surface area contributed by atoms with E-state index in [1.165, 1.54) is 5.39 Å². The van der Waals surface area contributed by atoms with Crippen LogP contribution in [0.4, 0.5) is 0 Å². The van der Waals surface area contributed by atoms with Crippen molar-refractivity contribution < 1.29 is 0 Å². The van der Waals surface area contributed by atoms with E-state index in [4.69, 9.17) is 0 Å². The van der Waals surface area contributed by atoms with Gasteiger partial charge in [0.15, 0.2) is 0 Å². The van der Waals surface area contributed by atoms with E-state index in [-0.39, 0.29) is 5.41 Å². The van der Waals surface area contributed by atoms with Gasteiger partial charge < -0.3 is 0 Å². The van der Waals surface area contributed by atoms with Crippen molar-refractivity contribution in [2.75, 3.05) is 0 Å². The van der Waals surface area contributed by atoms with Crippen LogP contribution in [0, 0.1) is 0 Å². The highest BCUT2D eigenvalue weighted by Crippen LogP contribution is 2.26. The molecule has 0 amide bonds. The third kappa shape index (κ3) is 1.30. The molecule has 0 aliphatic carbocycles. The molecular weight excluding hydrogens is 162 g/mol. The van der Waals surface area contributed by atoms with Crippen LogP contribution in [0.3, 0.4) is 0 Å². The number of hydrogen-bond acceptors (Lipinski definition) is 2. The van der Waals surface area contributed by atoms with E-state index < -0.39 is 0 Å². The average molecular weight is 175 g/mol. The summed E-state index contributed by atoms with van der Waals surface area (Å²) in [5.74, 6) is 0. The highest BCUT2D eigenvalue weighted by molar-refractivity contribution is 5.81. The molecule has 0 bridgehead atoms. The molecule has 1 N–H and O–H groups in total. The van der Waals surface area contributed by atoms with Crippen LogP contribution in [-0.2, 0) is 5.41 Å². The molecule has 2 aromatic rings. The Hall–Kier alpha value is -1.38. The van der Waals surface area contributed by atoms with Crippen LogP contribution >= 0.6 is 0 Å². The van der Waals surface area contributed by atoms with Gasteiger partial charge in [-0.2, -0.15) is 5.10 Å². The van der Waals surface area contributed by atoms with E-state index in [1.807, 2.05) is 6.07 Å². The van der Waals surface area contributed by atoms with Gasteiger partial charge in [-0.3, -0.25) is 10.1 Å². The highest BCUT2D eigenvalue weighted by atomic mass is 15.1. The van der Waals surface area contributed by atoms with Gasteiger partial charge in [-0.15, -0.1) is 0 Å². The lowest BCUT2D eigenvalue weighted by molar-refractivity contribution is 0.571. The van der Waals surface area contributed by atoms with E-state index in [2.05, 4.69) is 36.0 Å². The zero-order valence-electron chi connectivity index (χ0n) is 8.13. The standard InChI is InChI=1S/C10H13N3/c1-10(2,3)9-7-4-5-11-6-8(7)12-13-9/h4-6H,1-3H3,(H,12,13). The summed E-state index contributed by atoms with van der Waals surface area (Å²) in [6, 6.07) is 2.00. The van der Waals surface area contributed by atoms with Crippen molar-refractivity contribution in [2.24, 2.45) is 0 Å². The van der Waals surface area contributed by atoms with Gasteiger partial charge in [0.25, 0.3) is 0 Å². The number of rotatable bonds is 0. The molecule has 0 radical (unpaired) electrons. The van der Waals surface area contributed by atoms with Crippen molar-refractivity contribution in [3.63, 3.8) is 0 Å². The lowest BCUT2D eigenvalue weighted by Crippen LogP contribution is -2.11. The normalized spacial score (nSPS) is 12.2. The van der Waals surface area contributed by atoms with Gasteiger partial charge in [0.05, 0.1) is 17.4 Å². The summed E-state index contributed by atoms with van der Waals surface area (Å²) in [6.07, 6.45) is 3.60. The van der Waals surface area contributed by atoms with Crippen molar-refractivity contribution in [3.8, 4) is 0 Å². The van der Waals surface area contributed by atoms with Gasteiger partial charge in [-0.25, -0.2) is 0 Å². The Morgan fingerprint density at radius 2 is 2.08 bits per heavy atom. The molecular formula is C10H13N3. The molecule has 0 spiro atoms. The van der Waals surface area contributed by atoms with Crippen LogP contribution in [-0.4, -0.2) is 15.2 Å². The van der Waals surface area contributed by atoms with Crippen LogP contribution in [0.2, 0.25) is 0 Å². The first kappa shape index (κ1) is 8.23. The molecule has 2 heterocycles. The lowest BCUT2D eigenvalue weighted by atomic mass is 9.90. The molecule has 0 aromatic carbocycles. The summed E-state index contributed by atoms with van der Waals surface area (Å²) in [4.78, 5) is 4.04. The van der Waals surface area contributed by atoms with E-state index in [9.17, 15) is 0 Å². The smallest absolute Gasteiger partial charge is 0.0836 e. The maximum Gasteiger partial charge on any atom is 0.0836 e. The van der Waals surface area contributed by atoms with Crippen LogP contribution < -0.4 is 0 Å². The number of nitrogens with zero attached hydrogens (tertiary/aromatic N) is 2. The van der Waals surface area contributed by atoms with Gasteiger partial charge in [0.2, 0.25) is 0 Å². The fraction of sp³-hybridized carbons (Fsp3) is 0.400. The molecule has 2 rings (SSSR count). The monoisotopic (exact) mass is 175 g/mol. The fourth-order valence-electron chi connectivity index (χ4n) is 1.44. The van der Waals surface area contributed by atoms with Crippen LogP contribution in [0.5, 0.6) is 0 Å². The molecule has 0 fully saturated rings. The van der Waals surface area contributed by atoms with Crippen molar-refractivity contribution >= 4 is 10.9 Å². The van der Waals surface area contributed by atoms with Crippen molar-refractivity contribution in [3.05, 3.63) is 24.2 Å². The molecule has 0 unspecified atom stereocenters. The van der Waals surface area contributed by atoms with Gasteiger partial charge in [-0.05, 0) is 6.07 Å². The Labute approximate surface area is 77.2 Å². The molecule has 2 aromatic heterocycles. The number of nitrogens with one attached hydrogen (secondary N) is 1. The average Bonchev–Trinajstić information content (AvgIpc) is 2.45. The predicted octanol–water partition coefficient (Wildman–Crippen LogP) is 2.26. The van der Waals surface area contributed by atoms with Gasteiger partial charge in [0, 0.05) is 17.0 Å². The summed E-state index contributed by atoms with van der Waals surface area (Å²) in [6.45, 7) is 6.47. The van der Waals surface area contributed by atoms with Crippen LogP contribution in [0.25, 0.3) is 10.9 Å². The van der Waals surface area contributed by atoms with Crippen molar-refractivity contribution in [2.45, 2.75) is 26.2 Å². The fourth-order valence-corrected chi connectivity index (χ4v) is 1.44. The van der Waals surface area contributed by atoms with Crippen LogP contribution in [0.15, 0.2) is 18.5 Å². The Kier molecular flexibility index (Phi) is 1.62. The molecule has 13 heavy (non-hydrogen) atoms. The molecule has 0 saturated carbocycles. The zero-order chi connectivity index (χ0) is 9.47. The molecule has 68 valence electrons. The highest BCUT2D eigenvalue weighted by Gasteiger charge is 2.19. The minimum Gasteiger partial charge on any atom is -0.276 e. The number of H-pyrrole nitrogens is 1. The van der Waals surface area contributed by atoms with Crippen LogP contribution in [0.1, 0.15) is 26.5 Å². The number of fused-ring (bicyclic) bond motifs is 1. The van der Waals surface area contributed by atoms with E-state index >= 15 is 0 Å². The molecule has 0 atom stereocenters. The summed E-state index contributed by atoms with van der Waals surface area (Å²) in [7, 11) is 0. The summed E-state index contributed by atoms with van der Waals surface area (Å²) in [5.41, 5.74) is 2.19. The Balaban J connectivity index is 2.72. The maximum absolute atomic E-state index is 4.30. The third-order valence-corrected chi connectivity index (χ3v) is 2.07. The minimum absolute atomic E-state index is 0.0829. The Bertz CT molecular complexity index is 423. The topological polar surface area (TPSA) is 41.6 Å². The molecule has 0 aliphatic heterocycles. The Morgan fingerprint density at radius 1 is 1.31 bits per heavy atom. The second kappa shape index (κ2) is 2.55. The van der Waals surface area contributed by atoms with Crippen molar-refractivity contribution in [1.29, 1.82) is 0 Å². The Morgan fingerprint density at radius 3 is 2.77 bits per heavy atom.